The lowest BCUT2D eigenvalue weighted by molar-refractivity contribution is -0.118. The van der Waals surface area contributed by atoms with E-state index in [2.05, 4.69) is 10.6 Å². The third kappa shape index (κ3) is 2.59. The minimum atomic E-state index is -0.486. The van der Waals surface area contributed by atoms with Crippen molar-refractivity contribution >= 4 is 11.9 Å². The summed E-state index contributed by atoms with van der Waals surface area (Å²) in [6, 6.07) is -0.181. The molecule has 1 fully saturated rings. The molecule has 0 bridgehead atoms. The molecule has 0 radical (unpaired) electrons. The fourth-order valence-corrected chi connectivity index (χ4v) is 1.58. The normalized spacial score (nSPS) is 20.5. The van der Waals surface area contributed by atoms with Crippen LogP contribution >= 0.6 is 0 Å². The molecule has 80 valence electrons. The van der Waals surface area contributed by atoms with Gasteiger partial charge in [-0.3, -0.25) is 4.79 Å². The molecule has 1 unspecified atom stereocenters. The lowest BCUT2D eigenvalue weighted by Crippen LogP contribution is -2.49. The van der Waals surface area contributed by atoms with Gasteiger partial charge in [0.15, 0.2) is 0 Å². The van der Waals surface area contributed by atoms with Crippen LogP contribution in [0.2, 0.25) is 0 Å². The molecule has 0 saturated carbocycles. The number of hydrogen-bond acceptors (Lipinski definition) is 3. The number of nitrogens with one attached hydrogen (secondary N) is 2. The largest absolute Gasteiger partial charge is 0.368 e. The topological polar surface area (TPSA) is 87.5 Å². The second-order valence-corrected chi connectivity index (χ2v) is 3.30. The lowest BCUT2D eigenvalue weighted by Gasteiger charge is -2.26. The van der Waals surface area contributed by atoms with E-state index in [0.717, 1.165) is 19.5 Å². The summed E-state index contributed by atoms with van der Waals surface area (Å²) >= 11 is 0. The molecule has 1 saturated heterocycles. The molecular formula is C8H16N4O2. The van der Waals surface area contributed by atoms with Gasteiger partial charge in [0.2, 0.25) is 5.91 Å². The van der Waals surface area contributed by atoms with E-state index in [-0.39, 0.29) is 18.6 Å². The third-order valence-corrected chi connectivity index (χ3v) is 2.28. The van der Waals surface area contributed by atoms with Gasteiger partial charge < -0.3 is 21.3 Å². The molecule has 1 aliphatic rings. The number of urea groups is 1. The minimum absolute atomic E-state index is 0.0218. The van der Waals surface area contributed by atoms with Crippen molar-refractivity contribution in [3.8, 4) is 0 Å². The van der Waals surface area contributed by atoms with Gasteiger partial charge in [0, 0.05) is 19.6 Å². The number of amides is 3. The van der Waals surface area contributed by atoms with Crippen LogP contribution in [0.15, 0.2) is 0 Å². The highest BCUT2D eigenvalue weighted by atomic mass is 16.2. The summed E-state index contributed by atoms with van der Waals surface area (Å²) in [6.07, 6.45) is 0.862. The highest BCUT2D eigenvalue weighted by molar-refractivity contribution is 5.83. The SMILES string of the molecule is CNC(=O)N(CC(N)=O)C1CCNC1. The van der Waals surface area contributed by atoms with E-state index in [1.807, 2.05) is 0 Å². The van der Waals surface area contributed by atoms with Crippen LogP contribution in [0.3, 0.4) is 0 Å². The number of nitrogens with two attached hydrogens (primary N) is 1. The fourth-order valence-electron chi connectivity index (χ4n) is 1.58. The number of hydrogen-bond donors (Lipinski definition) is 3. The Morgan fingerprint density at radius 2 is 2.36 bits per heavy atom. The van der Waals surface area contributed by atoms with Crippen LogP contribution in [0.5, 0.6) is 0 Å². The van der Waals surface area contributed by atoms with Crippen molar-refractivity contribution in [3.63, 3.8) is 0 Å². The van der Waals surface area contributed by atoms with Gasteiger partial charge in [-0.1, -0.05) is 0 Å². The van der Waals surface area contributed by atoms with Gasteiger partial charge in [-0.2, -0.15) is 0 Å². The van der Waals surface area contributed by atoms with Crippen molar-refractivity contribution in [1.82, 2.24) is 15.5 Å². The number of carbonyl (C=O) groups is 2. The first-order valence-corrected chi connectivity index (χ1v) is 4.62. The molecule has 6 nitrogen and oxygen atoms in total. The van der Waals surface area contributed by atoms with Gasteiger partial charge in [-0.15, -0.1) is 0 Å². The molecule has 0 aliphatic carbocycles. The van der Waals surface area contributed by atoms with Crippen molar-refractivity contribution in [2.45, 2.75) is 12.5 Å². The van der Waals surface area contributed by atoms with Gasteiger partial charge in [-0.05, 0) is 13.0 Å². The Balaban J connectivity index is 2.59. The van der Waals surface area contributed by atoms with Gasteiger partial charge in [-0.25, -0.2) is 4.79 Å². The maximum absolute atomic E-state index is 11.4. The zero-order chi connectivity index (χ0) is 10.6. The van der Waals surface area contributed by atoms with Crippen LogP contribution in [-0.2, 0) is 4.79 Å². The third-order valence-electron chi connectivity index (χ3n) is 2.28. The molecule has 0 aromatic rings. The molecule has 1 heterocycles. The van der Waals surface area contributed by atoms with Gasteiger partial charge >= 0.3 is 6.03 Å². The van der Waals surface area contributed by atoms with Crippen LogP contribution in [0.4, 0.5) is 4.79 Å². The predicted molar refractivity (Wildman–Crippen MR) is 51.6 cm³/mol. The van der Waals surface area contributed by atoms with Crippen LogP contribution in [-0.4, -0.2) is 49.6 Å². The van der Waals surface area contributed by atoms with Gasteiger partial charge in [0.05, 0.1) is 0 Å². The molecule has 3 amide bonds. The predicted octanol–water partition coefficient (Wildman–Crippen LogP) is -1.52. The molecule has 1 atom stereocenters. The minimum Gasteiger partial charge on any atom is -0.368 e. The quantitative estimate of drug-likeness (QED) is 0.517. The Labute approximate surface area is 82.8 Å². The zero-order valence-electron chi connectivity index (χ0n) is 8.25. The molecule has 1 rings (SSSR count). The second kappa shape index (κ2) is 4.80. The van der Waals surface area contributed by atoms with E-state index in [1.54, 1.807) is 7.05 Å². The molecule has 0 spiro atoms. The first-order chi connectivity index (χ1) is 6.65. The van der Waals surface area contributed by atoms with Crippen molar-refractivity contribution in [2.75, 3.05) is 26.7 Å². The van der Waals surface area contributed by atoms with E-state index in [1.165, 1.54) is 4.90 Å². The molecule has 1 aliphatic heterocycles. The molecule has 0 aromatic carbocycles. The molecule has 4 N–H and O–H groups in total. The second-order valence-electron chi connectivity index (χ2n) is 3.30. The summed E-state index contributed by atoms with van der Waals surface area (Å²) < 4.78 is 0. The fraction of sp³-hybridized carbons (Fsp3) is 0.750. The molecular weight excluding hydrogens is 184 g/mol. The van der Waals surface area contributed by atoms with Crippen molar-refractivity contribution in [1.29, 1.82) is 0 Å². The monoisotopic (exact) mass is 200 g/mol. The zero-order valence-corrected chi connectivity index (χ0v) is 8.25. The summed E-state index contributed by atoms with van der Waals surface area (Å²) in [7, 11) is 1.54. The summed E-state index contributed by atoms with van der Waals surface area (Å²) in [4.78, 5) is 23.7. The van der Waals surface area contributed by atoms with E-state index >= 15 is 0 Å². The Morgan fingerprint density at radius 1 is 1.64 bits per heavy atom. The summed E-state index contributed by atoms with van der Waals surface area (Å²) in [6.45, 7) is 1.57. The van der Waals surface area contributed by atoms with E-state index < -0.39 is 5.91 Å². The van der Waals surface area contributed by atoms with Crippen LogP contribution < -0.4 is 16.4 Å². The Kier molecular flexibility index (Phi) is 3.70. The highest BCUT2D eigenvalue weighted by Crippen LogP contribution is 2.07. The first-order valence-electron chi connectivity index (χ1n) is 4.62. The maximum atomic E-state index is 11.4. The highest BCUT2D eigenvalue weighted by Gasteiger charge is 2.26. The molecule has 0 aromatic heterocycles. The van der Waals surface area contributed by atoms with Crippen molar-refractivity contribution in [3.05, 3.63) is 0 Å². The summed E-state index contributed by atoms with van der Waals surface area (Å²) in [5.74, 6) is -0.486. The first kappa shape index (κ1) is 10.8. The van der Waals surface area contributed by atoms with Crippen LogP contribution in [0, 0.1) is 0 Å². The van der Waals surface area contributed by atoms with E-state index in [0.29, 0.717) is 0 Å². The average molecular weight is 200 g/mol. The Bertz CT molecular complexity index is 225. The van der Waals surface area contributed by atoms with E-state index in [9.17, 15) is 9.59 Å². The van der Waals surface area contributed by atoms with Crippen molar-refractivity contribution < 1.29 is 9.59 Å². The lowest BCUT2D eigenvalue weighted by atomic mass is 10.2. The summed E-state index contributed by atoms with van der Waals surface area (Å²) in [5.41, 5.74) is 5.07. The maximum Gasteiger partial charge on any atom is 0.317 e. The number of carbonyl (C=O) groups excluding carboxylic acids is 2. The molecule has 14 heavy (non-hydrogen) atoms. The Hall–Kier alpha value is -1.30. The van der Waals surface area contributed by atoms with Crippen molar-refractivity contribution in [2.24, 2.45) is 5.73 Å². The van der Waals surface area contributed by atoms with Gasteiger partial charge in [0.25, 0.3) is 0 Å². The van der Waals surface area contributed by atoms with Crippen LogP contribution in [0.1, 0.15) is 6.42 Å². The van der Waals surface area contributed by atoms with Gasteiger partial charge in [0.1, 0.15) is 6.54 Å². The summed E-state index contributed by atoms with van der Waals surface area (Å²) in [5, 5.41) is 5.63. The number of rotatable bonds is 3. The Morgan fingerprint density at radius 3 is 2.79 bits per heavy atom. The number of nitrogens with zero attached hydrogens (tertiary/aromatic N) is 1. The standard InChI is InChI=1S/C8H16N4O2/c1-10-8(14)12(5-7(9)13)6-2-3-11-4-6/h6,11H,2-5H2,1H3,(H2,9,13)(H,10,14). The molecule has 6 heteroatoms. The van der Waals surface area contributed by atoms with E-state index in [4.69, 9.17) is 5.73 Å². The van der Waals surface area contributed by atoms with Crippen LogP contribution in [0.25, 0.3) is 0 Å². The average Bonchev–Trinajstić information content (AvgIpc) is 2.65. The number of primary amides is 1. The smallest absolute Gasteiger partial charge is 0.317 e.